The molecule has 176 valence electrons. The highest BCUT2D eigenvalue weighted by atomic mass is 35.5. The van der Waals surface area contributed by atoms with Gasteiger partial charge in [0.05, 0.1) is 11.4 Å². The number of nitrogens with zero attached hydrogens (tertiary/aromatic N) is 4. The molecule has 0 aliphatic carbocycles. The molecular formula is C27H25ClN6O. The summed E-state index contributed by atoms with van der Waals surface area (Å²) in [7, 11) is 0. The van der Waals surface area contributed by atoms with Gasteiger partial charge in [-0.3, -0.25) is 0 Å². The van der Waals surface area contributed by atoms with Gasteiger partial charge in [0.1, 0.15) is 17.8 Å². The minimum Gasteiger partial charge on any atom is -0.352 e. The number of piperazine rings is 1. The van der Waals surface area contributed by atoms with Crippen molar-refractivity contribution in [2.45, 2.75) is 13.0 Å². The molecule has 2 amide bonds. The van der Waals surface area contributed by atoms with Gasteiger partial charge in [-0.25, -0.2) is 14.8 Å². The Morgan fingerprint density at radius 3 is 2.49 bits per heavy atom. The molecule has 0 radical (unpaired) electrons. The number of nitrogens with one attached hydrogen (secondary N) is 2. The van der Waals surface area contributed by atoms with Crippen LogP contribution in [-0.2, 0) is 0 Å². The maximum atomic E-state index is 12.8. The number of fused-ring (bicyclic) bond motifs is 1. The highest BCUT2D eigenvalue weighted by Crippen LogP contribution is 2.29. The van der Waals surface area contributed by atoms with Crippen LogP contribution in [0.15, 0.2) is 60.9 Å². The van der Waals surface area contributed by atoms with Crippen molar-refractivity contribution in [3.05, 3.63) is 77.1 Å². The summed E-state index contributed by atoms with van der Waals surface area (Å²) in [5, 5.41) is 4.72. The van der Waals surface area contributed by atoms with Crippen LogP contribution >= 0.6 is 11.6 Å². The molecule has 1 atom stereocenters. The number of hydrogen-bond acceptors (Lipinski definition) is 4. The standard InChI is InChI=1S/C27H25ClN6O/c1-3-19-4-6-21(7-5-19)24-16-23-25(32-24)29-17-30-26(23)33-12-14-34(15-13-33)27(35)31-18(2)20-8-10-22(28)11-9-20/h1,4-11,16-18H,12-15H2,2H3,(H,31,35)(H,29,30,32)/t18-/m0/s1. The second-order valence-electron chi connectivity index (χ2n) is 8.56. The Morgan fingerprint density at radius 2 is 1.80 bits per heavy atom. The zero-order valence-corrected chi connectivity index (χ0v) is 20.1. The number of carbonyl (C=O) groups is 1. The van der Waals surface area contributed by atoms with E-state index in [9.17, 15) is 4.79 Å². The number of aromatic amines is 1. The van der Waals surface area contributed by atoms with E-state index in [1.54, 1.807) is 6.33 Å². The van der Waals surface area contributed by atoms with Crippen molar-refractivity contribution in [3.63, 3.8) is 0 Å². The van der Waals surface area contributed by atoms with Crippen LogP contribution in [0.3, 0.4) is 0 Å². The summed E-state index contributed by atoms with van der Waals surface area (Å²) in [6.07, 6.45) is 7.05. The molecule has 1 saturated heterocycles. The maximum absolute atomic E-state index is 12.8. The largest absolute Gasteiger partial charge is 0.352 e. The van der Waals surface area contributed by atoms with Gasteiger partial charge in [0.15, 0.2) is 0 Å². The van der Waals surface area contributed by atoms with Gasteiger partial charge >= 0.3 is 6.03 Å². The Morgan fingerprint density at radius 1 is 1.09 bits per heavy atom. The highest BCUT2D eigenvalue weighted by molar-refractivity contribution is 6.30. The molecule has 0 unspecified atom stereocenters. The molecule has 2 aromatic carbocycles. The van der Waals surface area contributed by atoms with Crippen molar-refractivity contribution in [1.29, 1.82) is 0 Å². The first-order valence-corrected chi connectivity index (χ1v) is 11.9. The zero-order valence-electron chi connectivity index (χ0n) is 19.3. The van der Waals surface area contributed by atoms with Crippen LogP contribution in [0, 0.1) is 12.3 Å². The summed E-state index contributed by atoms with van der Waals surface area (Å²) in [5.41, 5.74) is 4.63. The molecule has 0 bridgehead atoms. The fourth-order valence-corrected chi connectivity index (χ4v) is 4.44. The lowest BCUT2D eigenvalue weighted by molar-refractivity contribution is 0.191. The Labute approximate surface area is 209 Å². The van der Waals surface area contributed by atoms with Crippen molar-refractivity contribution >= 4 is 34.5 Å². The number of hydrogen-bond donors (Lipinski definition) is 2. The number of benzene rings is 2. The number of H-pyrrole nitrogens is 1. The first-order chi connectivity index (χ1) is 17.0. The predicted molar refractivity (Wildman–Crippen MR) is 139 cm³/mol. The van der Waals surface area contributed by atoms with E-state index in [1.807, 2.05) is 60.4 Å². The van der Waals surface area contributed by atoms with Crippen LogP contribution < -0.4 is 10.2 Å². The van der Waals surface area contributed by atoms with E-state index in [4.69, 9.17) is 18.0 Å². The SMILES string of the molecule is C#Cc1ccc(-c2cc3c(N4CCN(C(=O)N[C@@H](C)c5ccc(Cl)cc5)CC4)ncnc3[nH]2)cc1. The molecule has 7 nitrogen and oxygen atoms in total. The average Bonchev–Trinajstić information content (AvgIpc) is 3.34. The Kier molecular flexibility index (Phi) is 6.30. The lowest BCUT2D eigenvalue weighted by Crippen LogP contribution is -2.52. The molecule has 2 aromatic heterocycles. The highest BCUT2D eigenvalue weighted by Gasteiger charge is 2.24. The van der Waals surface area contributed by atoms with Gasteiger partial charge in [-0.05, 0) is 48.4 Å². The predicted octanol–water partition coefficient (Wildman–Crippen LogP) is 4.85. The van der Waals surface area contributed by atoms with Gasteiger partial charge in [0, 0.05) is 42.5 Å². The van der Waals surface area contributed by atoms with Crippen LogP contribution in [-0.4, -0.2) is 52.1 Å². The van der Waals surface area contributed by atoms with Crippen molar-refractivity contribution in [1.82, 2.24) is 25.2 Å². The van der Waals surface area contributed by atoms with Crippen LogP contribution in [0.4, 0.5) is 10.6 Å². The molecule has 4 aromatic rings. The van der Waals surface area contributed by atoms with Crippen LogP contribution in [0.5, 0.6) is 0 Å². The van der Waals surface area contributed by atoms with Gasteiger partial charge in [-0.1, -0.05) is 41.8 Å². The molecule has 5 rings (SSSR count). The third-order valence-electron chi connectivity index (χ3n) is 6.34. The summed E-state index contributed by atoms with van der Waals surface area (Å²) in [6.45, 7) is 4.56. The molecule has 0 spiro atoms. The number of amides is 2. The Hall–Kier alpha value is -4.02. The second-order valence-corrected chi connectivity index (χ2v) is 9.00. The van der Waals surface area contributed by atoms with E-state index in [0.717, 1.165) is 39.2 Å². The number of aromatic nitrogens is 3. The molecule has 0 saturated carbocycles. The summed E-state index contributed by atoms with van der Waals surface area (Å²) in [5.74, 6) is 3.51. The topological polar surface area (TPSA) is 77.2 Å². The molecule has 35 heavy (non-hydrogen) atoms. The first kappa shape index (κ1) is 22.8. The fourth-order valence-electron chi connectivity index (χ4n) is 4.31. The van der Waals surface area contributed by atoms with Crippen molar-refractivity contribution in [2.75, 3.05) is 31.1 Å². The zero-order chi connectivity index (χ0) is 24.4. The minimum atomic E-state index is -0.104. The summed E-state index contributed by atoms with van der Waals surface area (Å²) in [4.78, 5) is 29.3. The third kappa shape index (κ3) is 4.79. The molecule has 1 aliphatic heterocycles. The van der Waals surface area contributed by atoms with Gasteiger partial charge in [-0.2, -0.15) is 0 Å². The van der Waals surface area contributed by atoms with Gasteiger partial charge in [-0.15, -0.1) is 6.42 Å². The van der Waals surface area contributed by atoms with E-state index < -0.39 is 0 Å². The summed E-state index contributed by atoms with van der Waals surface area (Å²) < 4.78 is 0. The normalized spacial score (nSPS) is 14.5. The molecule has 8 heteroatoms. The molecular weight excluding hydrogens is 460 g/mol. The number of halogens is 1. The average molecular weight is 485 g/mol. The number of rotatable bonds is 4. The molecule has 1 aliphatic rings. The Bertz CT molecular complexity index is 1380. The molecule has 1 fully saturated rings. The van der Waals surface area contributed by atoms with Crippen molar-refractivity contribution < 1.29 is 4.79 Å². The van der Waals surface area contributed by atoms with Gasteiger partial charge < -0.3 is 20.1 Å². The molecule has 2 N–H and O–H groups in total. The number of anilines is 1. The number of terminal acetylenes is 1. The monoisotopic (exact) mass is 484 g/mol. The van der Waals surface area contributed by atoms with E-state index in [-0.39, 0.29) is 12.1 Å². The summed E-state index contributed by atoms with van der Waals surface area (Å²) in [6, 6.07) is 17.3. The lowest BCUT2D eigenvalue weighted by Gasteiger charge is -2.36. The third-order valence-corrected chi connectivity index (χ3v) is 6.60. The van der Waals surface area contributed by atoms with Crippen LogP contribution in [0.1, 0.15) is 24.1 Å². The fraction of sp³-hybridized carbons (Fsp3) is 0.222. The second kappa shape index (κ2) is 9.69. The molecule has 3 heterocycles. The number of carbonyl (C=O) groups excluding carboxylic acids is 1. The van der Waals surface area contributed by atoms with E-state index in [1.165, 1.54) is 0 Å². The number of urea groups is 1. The van der Waals surface area contributed by atoms with Crippen molar-refractivity contribution in [2.24, 2.45) is 0 Å². The van der Waals surface area contributed by atoms with Gasteiger partial charge in [0.25, 0.3) is 0 Å². The van der Waals surface area contributed by atoms with E-state index >= 15 is 0 Å². The van der Waals surface area contributed by atoms with Crippen molar-refractivity contribution in [3.8, 4) is 23.6 Å². The van der Waals surface area contributed by atoms with Crippen LogP contribution in [0.25, 0.3) is 22.3 Å². The van der Waals surface area contributed by atoms with E-state index in [2.05, 4.69) is 37.2 Å². The first-order valence-electron chi connectivity index (χ1n) is 11.5. The Balaban J connectivity index is 1.26. The van der Waals surface area contributed by atoms with E-state index in [0.29, 0.717) is 31.2 Å². The quantitative estimate of drug-likeness (QED) is 0.406. The lowest BCUT2D eigenvalue weighted by atomic mass is 10.1. The summed E-state index contributed by atoms with van der Waals surface area (Å²) >= 11 is 5.97. The van der Waals surface area contributed by atoms with Crippen LogP contribution in [0.2, 0.25) is 5.02 Å². The maximum Gasteiger partial charge on any atom is 0.317 e. The van der Waals surface area contributed by atoms with Gasteiger partial charge in [0.2, 0.25) is 0 Å². The minimum absolute atomic E-state index is 0.0701. The smallest absolute Gasteiger partial charge is 0.317 e.